The third kappa shape index (κ3) is 5.40. The van der Waals surface area contributed by atoms with Crippen molar-refractivity contribution in [1.29, 1.82) is 0 Å². The Bertz CT molecular complexity index is 1000. The molecule has 2 aliphatic rings. The van der Waals surface area contributed by atoms with Crippen LogP contribution in [-0.2, 0) is 16.1 Å². The van der Waals surface area contributed by atoms with Crippen LogP contribution in [0.15, 0.2) is 48.8 Å². The van der Waals surface area contributed by atoms with E-state index in [2.05, 4.69) is 4.98 Å². The lowest BCUT2D eigenvalue weighted by Gasteiger charge is -2.22. The molecular weight excluding hydrogens is 434 g/mol. The van der Waals surface area contributed by atoms with Gasteiger partial charge in [-0.2, -0.15) is 13.2 Å². The van der Waals surface area contributed by atoms with Crippen molar-refractivity contribution in [3.8, 4) is 0 Å². The first-order valence-corrected chi connectivity index (χ1v) is 9.59. The fourth-order valence-electron chi connectivity index (χ4n) is 3.78. The molecule has 0 spiro atoms. The first-order valence-electron chi connectivity index (χ1n) is 9.59. The van der Waals surface area contributed by atoms with Gasteiger partial charge in [-0.15, -0.1) is 0 Å². The number of aromatic nitrogens is 1. The maximum absolute atomic E-state index is 13.3. The van der Waals surface area contributed by atoms with Crippen molar-refractivity contribution in [3.05, 3.63) is 65.7 Å². The predicted octanol–water partition coefficient (Wildman–Crippen LogP) is 2.58. The molecule has 2 aromatic rings. The summed E-state index contributed by atoms with van der Waals surface area (Å²) < 4.78 is 45.1. The highest BCUT2D eigenvalue weighted by Crippen LogP contribution is 2.33. The summed E-state index contributed by atoms with van der Waals surface area (Å²) in [6.45, 7) is 2.06. The van der Waals surface area contributed by atoms with Crippen LogP contribution < -0.4 is 0 Å². The minimum Gasteiger partial charge on any atom is -0.475 e. The largest absolute Gasteiger partial charge is 0.490 e. The number of carboxylic acids is 1. The SMILES string of the molecule is O=C(O)C(F)(F)F.O=C(c1ccncc1)N1C[C@H]2CN(Cc3cccc(F)c3)C(=O)[C@H]2C1. The quantitative estimate of drug-likeness (QED) is 0.722. The van der Waals surface area contributed by atoms with Gasteiger partial charge in [0.25, 0.3) is 5.91 Å². The Morgan fingerprint density at radius 2 is 1.75 bits per heavy atom. The van der Waals surface area contributed by atoms with Gasteiger partial charge >= 0.3 is 12.1 Å². The summed E-state index contributed by atoms with van der Waals surface area (Å²) in [5, 5.41) is 7.12. The topological polar surface area (TPSA) is 90.8 Å². The van der Waals surface area contributed by atoms with Gasteiger partial charge in [0.05, 0.1) is 5.92 Å². The highest BCUT2D eigenvalue weighted by atomic mass is 19.4. The number of carbonyl (C=O) groups excluding carboxylic acids is 2. The second kappa shape index (κ2) is 9.33. The van der Waals surface area contributed by atoms with Crippen LogP contribution in [0.3, 0.4) is 0 Å². The molecule has 11 heteroatoms. The van der Waals surface area contributed by atoms with Crippen LogP contribution in [0.4, 0.5) is 17.6 Å². The summed E-state index contributed by atoms with van der Waals surface area (Å²) in [6.07, 6.45) is -1.90. The molecule has 0 radical (unpaired) electrons. The molecule has 170 valence electrons. The Kier molecular flexibility index (Phi) is 6.75. The smallest absolute Gasteiger partial charge is 0.475 e. The first kappa shape index (κ1) is 23.2. The first-order chi connectivity index (χ1) is 15.1. The molecule has 32 heavy (non-hydrogen) atoms. The van der Waals surface area contributed by atoms with E-state index in [9.17, 15) is 27.2 Å². The molecule has 0 aliphatic carbocycles. The van der Waals surface area contributed by atoms with E-state index in [1.165, 1.54) is 12.1 Å². The van der Waals surface area contributed by atoms with Crippen LogP contribution in [0.5, 0.6) is 0 Å². The van der Waals surface area contributed by atoms with Crippen molar-refractivity contribution in [2.45, 2.75) is 12.7 Å². The molecule has 3 heterocycles. The van der Waals surface area contributed by atoms with Crippen molar-refractivity contribution in [2.75, 3.05) is 19.6 Å². The molecule has 4 rings (SSSR count). The zero-order chi connectivity index (χ0) is 23.5. The number of halogens is 4. The Morgan fingerprint density at radius 3 is 2.31 bits per heavy atom. The van der Waals surface area contributed by atoms with Gasteiger partial charge in [0.15, 0.2) is 0 Å². The summed E-state index contributed by atoms with van der Waals surface area (Å²) in [6, 6.07) is 9.71. The van der Waals surface area contributed by atoms with Crippen molar-refractivity contribution < 1.29 is 37.1 Å². The Labute approximate surface area is 180 Å². The van der Waals surface area contributed by atoms with E-state index < -0.39 is 12.1 Å². The normalized spacial score (nSPS) is 19.9. The standard InChI is InChI=1S/C19H18FN3O2.C2HF3O2/c20-16-3-1-2-13(8-16)9-22-10-15-11-23(12-17(15)19(22)25)18(24)14-4-6-21-7-5-14;3-2(4,5)1(6)7/h1-8,15,17H,9-12H2;(H,6,7)/t15-,17+;/m1./s1. The van der Waals surface area contributed by atoms with Crippen LogP contribution in [0.1, 0.15) is 15.9 Å². The van der Waals surface area contributed by atoms with Gasteiger partial charge in [0.2, 0.25) is 5.91 Å². The highest BCUT2D eigenvalue weighted by molar-refractivity contribution is 5.95. The summed E-state index contributed by atoms with van der Waals surface area (Å²) in [5.74, 6) is -3.06. The average molecular weight is 453 g/mol. The van der Waals surface area contributed by atoms with Gasteiger partial charge in [-0.05, 0) is 29.8 Å². The van der Waals surface area contributed by atoms with E-state index in [4.69, 9.17) is 9.90 Å². The van der Waals surface area contributed by atoms with Gasteiger partial charge in [-0.1, -0.05) is 12.1 Å². The van der Waals surface area contributed by atoms with Crippen molar-refractivity contribution in [3.63, 3.8) is 0 Å². The molecule has 2 saturated heterocycles. The second-order valence-corrected chi connectivity index (χ2v) is 7.46. The van der Waals surface area contributed by atoms with Crippen molar-refractivity contribution >= 4 is 17.8 Å². The van der Waals surface area contributed by atoms with Gasteiger partial charge in [-0.25, -0.2) is 9.18 Å². The van der Waals surface area contributed by atoms with Gasteiger partial charge in [0, 0.05) is 50.1 Å². The zero-order valence-corrected chi connectivity index (χ0v) is 16.6. The summed E-state index contributed by atoms with van der Waals surface area (Å²) in [5.41, 5.74) is 1.39. The number of fused-ring (bicyclic) bond motifs is 1. The Hall–Kier alpha value is -3.50. The molecule has 1 aromatic carbocycles. The summed E-state index contributed by atoms with van der Waals surface area (Å²) in [7, 11) is 0. The number of amides is 2. The maximum atomic E-state index is 13.3. The van der Waals surface area contributed by atoms with Gasteiger partial charge in [0.1, 0.15) is 5.82 Å². The lowest BCUT2D eigenvalue weighted by atomic mass is 10.0. The number of carboxylic acid groups (broad SMARTS) is 1. The summed E-state index contributed by atoms with van der Waals surface area (Å²) >= 11 is 0. The van der Waals surface area contributed by atoms with E-state index in [1.807, 2.05) is 6.07 Å². The predicted molar refractivity (Wildman–Crippen MR) is 103 cm³/mol. The zero-order valence-electron chi connectivity index (χ0n) is 16.6. The number of carbonyl (C=O) groups is 3. The second-order valence-electron chi connectivity index (χ2n) is 7.46. The molecule has 2 amide bonds. The number of hydrogen-bond acceptors (Lipinski definition) is 4. The molecule has 2 aliphatic heterocycles. The third-order valence-electron chi connectivity index (χ3n) is 5.24. The van der Waals surface area contributed by atoms with E-state index in [1.54, 1.807) is 40.4 Å². The average Bonchev–Trinajstić information content (AvgIpc) is 3.27. The number of nitrogens with zero attached hydrogens (tertiary/aromatic N) is 3. The Morgan fingerprint density at radius 1 is 1.09 bits per heavy atom. The van der Waals surface area contributed by atoms with Crippen LogP contribution in [0.2, 0.25) is 0 Å². The number of benzene rings is 1. The molecule has 2 fully saturated rings. The lowest BCUT2D eigenvalue weighted by molar-refractivity contribution is -0.192. The van der Waals surface area contributed by atoms with Gasteiger partial charge < -0.3 is 14.9 Å². The molecule has 0 unspecified atom stereocenters. The van der Waals surface area contributed by atoms with Gasteiger partial charge in [-0.3, -0.25) is 14.6 Å². The molecule has 2 atom stereocenters. The lowest BCUT2D eigenvalue weighted by Crippen LogP contribution is -2.35. The molecule has 7 nitrogen and oxygen atoms in total. The van der Waals surface area contributed by atoms with E-state index in [0.717, 1.165) is 5.56 Å². The number of aliphatic carboxylic acids is 1. The Balaban J connectivity index is 0.000000360. The maximum Gasteiger partial charge on any atom is 0.490 e. The molecular formula is C21H19F4N3O4. The number of rotatable bonds is 3. The number of likely N-dealkylation sites (tertiary alicyclic amines) is 2. The van der Waals surface area contributed by atoms with Crippen LogP contribution in [-0.4, -0.2) is 63.5 Å². The fourth-order valence-corrected chi connectivity index (χ4v) is 3.78. The van der Waals surface area contributed by atoms with Crippen LogP contribution in [0.25, 0.3) is 0 Å². The number of hydrogen-bond donors (Lipinski definition) is 1. The van der Waals surface area contributed by atoms with E-state index in [-0.39, 0.29) is 29.5 Å². The summed E-state index contributed by atoms with van der Waals surface area (Å²) in [4.78, 5) is 41.5. The monoisotopic (exact) mass is 453 g/mol. The van der Waals surface area contributed by atoms with E-state index >= 15 is 0 Å². The minimum atomic E-state index is -5.08. The molecule has 0 bridgehead atoms. The van der Waals surface area contributed by atoms with E-state index in [0.29, 0.717) is 31.7 Å². The minimum absolute atomic E-state index is 0.0544. The van der Waals surface area contributed by atoms with Crippen molar-refractivity contribution in [1.82, 2.24) is 14.8 Å². The van der Waals surface area contributed by atoms with Crippen molar-refractivity contribution in [2.24, 2.45) is 11.8 Å². The number of pyridine rings is 1. The molecule has 1 aromatic heterocycles. The molecule has 0 saturated carbocycles. The fraction of sp³-hybridized carbons (Fsp3) is 0.333. The highest BCUT2D eigenvalue weighted by Gasteiger charge is 2.47. The number of alkyl halides is 3. The third-order valence-corrected chi connectivity index (χ3v) is 5.24. The molecule has 1 N–H and O–H groups in total. The van der Waals surface area contributed by atoms with Crippen LogP contribution >= 0.6 is 0 Å². The van der Waals surface area contributed by atoms with Crippen LogP contribution in [0, 0.1) is 17.7 Å².